The average molecular weight is 436 g/mol. The summed E-state index contributed by atoms with van der Waals surface area (Å²) in [6.07, 6.45) is -0.262. The highest BCUT2D eigenvalue weighted by Gasteiger charge is 2.31. The summed E-state index contributed by atoms with van der Waals surface area (Å²) in [5.41, 5.74) is 1.75. The zero-order chi connectivity index (χ0) is 23.4. The Labute approximate surface area is 185 Å². The number of ketones is 1. The highest BCUT2D eigenvalue weighted by atomic mass is 16.5. The van der Waals surface area contributed by atoms with E-state index in [1.54, 1.807) is 36.9 Å². The number of para-hydroxylation sites is 2. The molecule has 0 aliphatic carbocycles. The van der Waals surface area contributed by atoms with Gasteiger partial charge in [0, 0.05) is 40.1 Å². The van der Waals surface area contributed by atoms with Gasteiger partial charge in [0.25, 0.3) is 0 Å². The molecule has 1 aromatic heterocycles. The minimum absolute atomic E-state index is 0.0131. The maximum atomic E-state index is 12.8. The fourth-order valence-corrected chi connectivity index (χ4v) is 3.50. The molecule has 0 saturated heterocycles. The van der Waals surface area contributed by atoms with E-state index in [9.17, 15) is 19.6 Å². The van der Waals surface area contributed by atoms with Crippen LogP contribution in [0.1, 0.15) is 18.6 Å². The van der Waals surface area contributed by atoms with Crippen LogP contribution in [0.15, 0.2) is 46.2 Å². The second kappa shape index (κ2) is 9.34. The molecule has 0 unspecified atom stereocenters. The number of allylic oxidation sites excluding steroid dienone is 1. The van der Waals surface area contributed by atoms with Crippen LogP contribution in [0.25, 0.3) is 0 Å². The lowest BCUT2D eigenvalue weighted by molar-refractivity contribution is -0.134. The number of aromatic nitrogens is 1. The monoisotopic (exact) mass is 436 g/mol. The highest BCUT2D eigenvalue weighted by molar-refractivity contribution is 6.04. The second-order valence-corrected chi connectivity index (χ2v) is 7.46. The predicted octanol–water partition coefficient (Wildman–Crippen LogP) is 2.05. The van der Waals surface area contributed by atoms with Gasteiger partial charge in [-0.25, -0.2) is 0 Å². The van der Waals surface area contributed by atoms with Crippen molar-refractivity contribution in [2.24, 2.45) is 0 Å². The molecule has 0 spiro atoms. The third-order valence-electron chi connectivity index (χ3n) is 5.12. The minimum atomic E-state index is -0.438. The van der Waals surface area contributed by atoms with Gasteiger partial charge in [-0.05, 0) is 19.1 Å². The van der Waals surface area contributed by atoms with Gasteiger partial charge in [0.15, 0.2) is 11.6 Å². The number of fused-ring (bicyclic) bond motifs is 1. The Kier molecular flexibility index (Phi) is 6.59. The number of aryl methyl sites for hydroxylation is 1. The number of anilines is 3. The third kappa shape index (κ3) is 4.62. The van der Waals surface area contributed by atoms with Crippen LogP contribution in [0.5, 0.6) is 0 Å². The maximum absolute atomic E-state index is 12.8. The molecule has 2 aromatic rings. The smallest absolute Gasteiger partial charge is 0.245 e. The maximum Gasteiger partial charge on any atom is 0.245 e. The van der Waals surface area contributed by atoms with Gasteiger partial charge < -0.3 is 24.5 Å². The van der Waals surface area contributed by atoms with E-state index >= 15 is 0 Å². The van der Waals surface area contributed by atoms with Crippen molar-refractivity contribution in [1.29, 1.82) is 5.26 Å². The Morgan fingerprint density at radius 3 is 2.31 bits per heavy atom. The molecule has 1 aliphatic heterocycles. The van der Waals surface area contributed by atoms with Crippen molar-refractivity contribution in [1.82, 2.24) is 10.1 Å². The average Bonchev–Trinajstić information content (AvgIpc) is 3.28. The first kappa shape index (κ1) is 22.6. The van der Waals surface area contributed by atoms with Gasteiger partial charge in [-0.2, -0.15) is 5.26 Å². The summed E-state index contributed by atoms with van der Waals surface area (Å²) in [5.74, 6) is 0.0304. The van der Waals surface area contributed by atoms with Crippen LogP contribution in [0.2, 0.25) is 0 Å². The molecule has 1 aliphatic rings. The van der Waals surface area contributed by atoms with Gasteiger partial charge >= 0.3 is 0 Å². The van der Waals surface area contributed by atoms with Gasteiger partial charge in [0.1, 0.15) is 23.2 Å². The molecule has 2 heterocycles. The molecule has 0 fully saturated rings. The van der Waals surface area contributed by atoms with Crippen LogP contribution in [0.3, 0.4) is 0 Å². The topological polar surface area (TPSA) is 123 Å². The summed E-state index contributed by atoms with van der Waals surface area (Å²) in [4.78, 5) is 42.1. The van der Waals surface area contributed by atoms with Crippen molar-refractivity contribution in [3.05, 3.63) is 47.5 Å². The molecule has 2 amide bonds. The van der Waals surface area contributed by atoms with E-state index in [2.05, 4.69) is 10.5 Å². The van der Waals surface area contributed by atoms with Gasteiger partial charge in [0.2, 0.25) is 11.8 Å². The molecular weight excluding hydrogens is 412 g/mol. The molecule has 0 atom stereocenters. The van der Waals surface area contributed by atoms with Gasteiger partial charge in [0.05, 0.1) is 17.9 Å². The Bertz CT molecular complexity index is 1100. The zero-order valence-corrected chi connectivity index (χ0v) is 18.4. The van der Waals surface area contributed by atoms with Crippen LogP contribution in [0.4, 0.5) is 17.2 Å². The summed E-state index contributed by atoms with van der Waals surface area (Å²) in [6.45, 7) is 1.49. The van der Waals surface area contributed by atoms with Crippen LogP contribution in [-0.2, 0) is 14.4 Å². The van der Waals surface area contributed by atoms with Crippen molar-refractivity contribution >= 4 is 34.8 Å². The second-order valence-electron chi connectivity index (χ2n) is 7.46. The van der Waals surface area contributed by atoms with Crippen LogP contribution >= 0.6 is 0 Å². The number of rotatable bonds is 7. The van der Waals surface area contributed by atoms with Crippen molar-refractivity contribution in [2.45, 2.75) is 19.8 Å². The first-order valence-electron chi connectivity index (χ1n) is 9.94. The fraction of sp³-hybridized carbons (Fsp3) is 0.318. The Hall–Kier alpha value is -4.13. The SMILES string of the molecule is Cc1cc(NC(=O)CN(C)C(=O)CCC(=O)C(C#N)=C2N(C)c3ccccc3N2C)no1. The van der Waals surface area contributed by atoms with Gasteiger partial charge in [-0.1, -0.05) is 17.3 Å². The third-order valence-corrected chi connectivity index (χ3v) is 5.12. The molecule has 1 aromatic carbocycles. The van der Waals surface area contributed by atoms with E-state index in [1.807, 2.05) is 30.3 Å². The number of Topliss-reactive ketones (excluding diaryl/α,β-unsaturated/α-hetero) is 1. The van der Waals surface area contributed by atoms with E-state index in [4.69, 9.17) is 4.52 Å². The van der Waals surface area contributed by atoms with Crippen molar-refractivity contribution in [2.75, 3.05) is 42.8 Å². The number of hydrogen-bond acceptors (Lipinski definition) is 8. The normalized spacial score (nSPS) is 12.3. The Morgan fingerprint density at radius 2 is 1.78 bits per heavy atom. The fourth-order valence-electron chi connectivity index (χ4n) is 3.50. The molecule has 10 heteroatoms. The molecule has 32 heavy (non-hydrogen) atoms. The Balaban J connectivity index is 1.60. The lowest BCUT2D eigenvalue weighted by Crippen LogP contribution is -2.35. The molecule has 0 bridgehead atoms. The lowest BCUT2D eigenvalue weighted by atomic mass is 10.1. The molecule has 166 valence electrons. The number of nitrogens with one attached hydrogen (secondary N) is 1. The number of nitriles is 1. The lowest BCUT2D eigenvalue weighted by Gasteiger charge is -2.20. The predicted molar refractivity (Wildman–Crippen MR) is 118 cm³/mol. The van der Waals surface area contributed by atoms with Crippen molar-refractivity contribution in [3.63, 3.8) is 0 Å². The molecule has 0 radical (unpaired) electrons. The first-order chi connectivity index (χ1) is 15.2. The van der Waals surface area contributed by atoms with E-state index < -0.39 is 11.7 Å². The van der Waals surface area contributed by atoms with E-state index in [0.717, 1.165) is 11.4 Å². The number of amides is 2. The summed E-state index contributed by atoms with van der Waals surface area (Å²) in [5, 5.41) is 15.9. The number of nitrogens with zero attached hydrogens (tertiary/aromatic N) is 5. The molecular formula is C22H24N6O4. The first-order valence-corrected chi connectivity index (χ1v) is 9.94. The van der Waals surface area contributed by atoms with E-state index in [0.29, 0.717) is 11.6 Å². The van der Waals surface area contributed by atoms with Crippen LogP contribution in [-0.4, -0.2) is 55.3 Å². The molecule has 0 saturated carbocycles. The number of carbonyl (C=O) groups excluding carboxylic acids is 3. The van der Waals surface area contributed by atoms with E-state index in [-0.39, 0.29) is 36.7 Å². The molecule has 10 nitrogen and oxygen atoms in total. The zero-order valence-electron chi connectivity index (χ0n) is 18.4. The largest absolute Gasteiger partial charge is 0.360 e. The standard InChI is InChI=1S/C22H24N6O4/c1-14-11-19(25-32-14)24-20(30)13-26(2)21(31)10-9-18(29)15(12-23)22-27(3)16-7-5-6-8-17(16)28(22)4/h5-8,11H,9-10,13H2,1-4H3,(H,24,25,30). The number of carbonyl (C=O) groups is 3. The summed E-state index contributed by atoms with van der Waals surface area (Å²) < 4.78 is 4.87. The summed E-state index contributed by atoms with van der Waals surface area (Å²) >= 11 is 0. The molecule has 1 N–H and O–H groups in total. The van der Waals surface area contributed by atoms with E-state index in [1.165, 1.54) is 11.9 Å². The van der Waals surface area contributed by atoms with Gasteiger partial charge in [-0.15, -0.1) is 0 Å². The summed E-state index contributed by atoms with van der Waals surface area (Å²) in [7, 11) is 5.05. The van der Waals surface area contributed by atoms with Gasteiger partial charge in [-0.3, -0.25) is 14.4 Å². The number of benzene rings is 1. The van der Waals surface area contributed by atoms with Crippen LogP contribution in [0, 0.1) is 18.3 Å². The van der Waals surface area contributed by atoms with Crippen molar-refractivity contribution < 1.29 is 18.9 Å². The highest BCUT2D eigenvalue weighted by Crippen LogP contribution is 2.40. The number of hydrogen-bond donors (Lipinski definition) is 1. The summed E-state index contributed by atoms with van der Waals surface area (Å²) in [6, 6.07) is 11.1. The quantitative estimate of drug-likeness (QED) is 0.517. The number of likely N-dealkylation sites (N-methyl/N-ethyl adjacent to an activating group) is 1. The van der Waals surface area contributed by atoms with Crippen molar-refractivity contribution in [3.8, 4) is 6.07 Å². The van der Waals surface area contributed by atoms with Crippen LogP contribution < -0.4 is 15.1 Å². The minimum Gasteiger partial charge on any atom is -0.360 e. The Morgan fingerprint density at radius 1 is 1.16 bits per heavy atom. The molecule has 3 rings (SSSR count).